The Morgan fingerprint density at radius 1 is 1.47 bits per heavy atom. The number of rotatable bonds is 5. The second-order valence-electron chi connectivity index (χ2n) is 4.44. The molecule has 2 rings (SSSR count). The molecule has 7 heteroatoms. The molecule has 0 bridgehead atoms. The van der Waals surface area contributed by atoms with E-state index in [9.17, 15) is 4.79 Å². The fourth-order valence-electron chi connectivity index (χ4n) is 1.60. The second kappa shape index (κ2) is 5.55. The molecule has 0 fully saturated rings. The highest BCUT2D eigenvalue weighted by Gasteiger charge is 2.14. The zero-order chi connectivity index (χ0) is 13.8. The van der Waals surface area contributed by atoms with Gasteiger partial charge in [-0.2, -0.15) is 0 Å². The highest BCUT2D eigenvalue weighted by molar-refractivity contribution is 5.69. The molecular weight excluding hydrogens is 246 g/mol. The third-order valence-electron chi connectivity index (χ3n) is 2.90. The third kappa shape index (κ3) is 3.12. The topological polar surface area (TPSA) is 93.8 Å². The maximum atomic E-state index is 10.8. The van der Waals surface area contributed by atoms with Crippen molar-refractivity contribution in [1.82, 2.24) is 25.2 Å². The Hall–Kier alpha value is -2.31. The van der Waals surface area contributed by atoms with Crippen LogP contribution in [0.25, 0.3) is 11.4 Å². The lowest BCUT2D eigenvalue weighted by Gasteiger charge is -2.07. The third-order valence-corrected chi connectivity index (χ3v) is 2.90. The van der Waals surface area contributed by atoms with Crippen LogP contribution in [0.4, 0.5) is 0 Å². The number of pyridine rings is 1. The summed E-state index contributed by atoms with van der Waals surface area (Å²) in [5, 5.41) is 20.3. The van der Waals surface area contributed by atoms with Crippen LogP contribution in [-0.2, 0) is 11.3 Å². The van der Waals surface area contributed by atoms with Crippen LogP contribution in [0.3, 0.4) is 0 Å². The number of carboxylic acids is 1. The van der Waals surface area contributed by atoms with Crippen LogP contribution in [0.15, 0.2) is 18.3 Å². The molecule has 100 valence electrons. The number of carboxylic acid groups (broad SMARTS) is 1. The highest BCUT2D eigenvalue weighted by Crippen LogP contribution is 2.15. The van der Waals surface area contributed by atoms with Gasteiger partial charge in [0, 0.05) is 24.0 Å². The number of aliphatic carboxylic acids is 1. The molecule has 1 atom stereocenters. The van der Waals surface area contributed by atoms with Gasteiger partial charge >= 0.3 is 5.97 Å². The van der Waals surface area contributed by atoms with Crippen LogP contribution in [-0.4, -0.2) is 36.3 Å². The summed E-state index contributed by atoms with van der Waals surface area (Å²) in [5.41, 5.74) is 1.74. The molecule has 2 aromatic heterocycles. The van der Waals surface area contributed by atoms with Gasteiger partial charge in [-0.3, -0.25) is 9.78 Å². The number of hydrogen-bond acceptors (Lipinski definition) is 5. The standard InChI is InChI=1S/C12H15N5O2/c1-8(12(18)19)5-6-17-11(14-15-16-17)10-4-3-9(2)13-7-10/h3-4,7-8H,5-6H2,1-2H3,(H,18,19). The zero-order valence-electron chi connectivity index (χ0n) is 10.8. The van der Waals surface area contributed by atoms with Gasteiger partial charge in [-0.1, -0.05) is 6.92 Å². The fourth-order valence-corrected chi connectivity index (χ4v) is 1.60. The van der Waals surface area contributed by atoms with E-state index in [0.29, 0.717) is 18.8 Å². The van der Waals surface area contributed by atoms with Gasteiger partial charge in [0.2, 0.25) is 0 Å². The van der Waals surface area contributed by atoms with Gasteiger partial charge in [-0.25, -0.2) is 4.68 Å². The minimum Gasteiger partial charge on any atom is -0.481 e. The van der Waals surface area contributed by atoms with Crippen molar-refractivity contribution in [2.45, 2.75) is 26.8 Å². The highest BCUT2D eigenvalue weighted by atomic mass is 16.4. The van der Waals surface area contributed by atoms with E-state index in [-0.39, 0.29) is 0 Å². The molecule has 19 heavy (non-hydrogen) atoms. The van der Waals surface area contributed by atoms with E-state index in [4.69, 9.17) is 5.11 Å². The lowest BCUT2D eigenvalue weighted by Crippen LogP contribution is -2.14. The predicted octanol–water partition coefficient (Wildman–Crippen LogP) is 1.15. The molecule has 1 unspecified atom stereocenters. The molecule has 0 aliphatic heterocycles. The Morgan fingerprint density at radius 3 is 2.89 bits per heavy atom. The van der Waals surface area contributed by atoms with Crippen molar-refractivity contribution in [2.24, 2.45) is 5.92 Å². The lowest BCUT2D eigenvalue weighted by atomic mass is 10.1. The SMILES string of the molecule is Cc1ccc(-c2nnnn2CCC(C)C(=O)O)cn1. The molecular formula is C12H15N5O2. The molecule has 7 nitrogen and oxygen atoms in total. The molecule has 2 heterocycles. The Morgan fingerprint density at radius 2 is 2.26 bits per heavy atom. The maximum absolute atomic E-state index is 10.8. The summed E-state index contributed by atoms with van der Waals surface area (Å²) in [5.74, 6) is -0.634. The maximum Gasteiger partial charge on any atom is 0.306 e. The van der Waals surface area contributed by atoms with Crippen molar-refractivity contribution in [3.8, 4) is 11.4 Å². The summed E-state index contributed by atoms with van der Waals surface area (Å²) in [7, 11) is 0. The molecule has 0 aliphatic carbocycles. The first-order valence-corrected chi connectivity index (χ1v) is 6.00. The summed E-state index contributed by atoms with van der Waals surface area (Å²) in [6.07, 6.45) is 2.19. The molecule has 1 N–H and O–H groups in total. The van der Waals surface area contributed by atoms with Crippen LogP contribution in [0, 0.1) is 12.8 Å². The van der Waals surface area contributed by atoms with Crippen molar-refractivity contribution >= 4 is 5.97 Å². The number of tetrazole rings is 1. The normalized spacial score (nSPS) is 12.3. The van der Waals surface area contributed by atoms with E-state index in [0.717, 1.165) is 11.3 Å². The molecule has 0 radical (unpaired) electrons. The van der Waals surface area contributed by atoms with Crippen molar-refractivity contribution in [3.05, 3.63) is 24.0 Å². The Bertz CT molecular complexity index is 564. The van der Waals surface area contributed by atoms with Crippen molar-refractivity contribution in [3.63, 3.8) is 0 Å². The fraction of sp³-hybridized carbons (Fsp3) is 0.417. The zero-order valence-corrected chi connectivity index (χ0v) is 10.8. The van der Waals surface area contributed by atoms with Crippen molar-refractivity contribution < 1.29 is 9.90 Å². The van der Waals surface area contributed by atoms with E-state index in [1.165, 1.54) is 0 Å². The van der Waals surface area contributed by atoms with Crippen molar-refractivity contribution in [2.75, 3.05) is 0 Å². The molecule has 0 aliphatic rings. The minimum absolute atomic E-state index is 0.423. The van der Waals surface area contributed by atoms with Crippen molar-refractivity contribution in [1.29, 1.82) is 0 Å². The van der Waals surface area contributed by atoms with E-state index in [1.54, 1.807) is 17.8 Å². The van der Waals surface area contributed by atoms with E-state index in [2.05, 4.69) is 20.5 Å². The van der Waals surface area contributed by atoms with Gasteiger partial charge in [-0.15, -0.1) is 5.10 Å². The Balaban J connectivity index is 2.14. The van der Waals surface area contributed by atoms with E-state index in [1.807, 2.05) is 19.1 Å². The van der Waals surface area contributed by atoms with Crippen LogP contribution in [0.5, 0.6) is 0 Å². The summed E-state index contributed by atoms with van der Waals surface area (Å²) in [6.45, 7) is 4.03. The van der Waals surface area contributed by atoms with Crippen LogP contribution >= 0.6 is 0 Å². The summed E-state index contributed by atoms with van der Waals surface area (Å²) in [4.78, 5) is 15.0. The smallest absolute Gasteiger partial charge is 0.306 e. The van der Waals surface area contributed by atoms with E-state index < -0.39 is 11.9 Å². The predicted molar refractivity (Wildman–Crippen MR) is 67.2 cm³/mol. The summed E-state index contributed by atoms with van der Waals surface area (Å²) in [6, 6.07) is 3.78. The van der Waals surface area contributed by atoms with Gasteiger partial charge in [0.15, 0.2) is 5.82 Å². The number of nitrogens with zero attached hydrogens (tertiary/aromatic N) is 5. The lowest BCUT2D eigenvalue weighted by molar-refractivity contribution is -0.141. The number of aryl methyl sites for hydroxylation is 2. The minimum atomic E-state index is -0.813. The van der Waals surface area contributed by atoms with Gasteiger partial charge in [0.25, 0.3) is 0 Å². The summed E-state index contributed by atoms with van der Waals surface area (Å²) >= 11 is 0. The van der Waals surface area contributed by atoms with Crippen LogP contribution in [0.1, 0.15) is 19.0 Å². The first-order valence-electron chi connectivity index (χ1n) is 6.00. The number of carbonyl (C=O) groups is 1. The largest absolute Gasteiger partial charge is 0.481 e. The van der Waals surface area contributed by atoms with Gasteiger partial charge in [-0.05, 0) is 35.9 Å². The van der Waals surface area contributed by atoms with Crippen LogP contribution < -0.4 is 0 Å². The van der Waals surface area contributed by atoms with E-state index >= 15 is 0 Å². The molecule has 2 aromatic rings. The molecule has 0 aromatic carbocycles. The van der Waals surface area contributed by atoms with Gasteiger partial charge in [0.05, 0.1) is 5.92 Å². The monoisotopic (exact) mass is 261 g/mol. The number of aromatic nitrogens is 5. The molecule has 0 saturated carbocycles. The Kier molecular flexibility index (Phi) is 3.84. The average Bonchev–Trinajstić information content (AvgIpc) is 2.85. The number of hydrogen-bond donors (Lipinski definition) is 1. The molecule has 0 spiro atoms. The first kappa shape index (κ1) is 13.1. The summed E-state index contributed by atoms with van der Waals surface area (Å²) < 4.78 is 1.60. The quantitative estimate of drug-likeness (QED) is 0.867. The second-order valence-corrected chi connectivity index (χ2v) is 4.44. The first-order chi connectivity index (χ1) is 9.08. The van der Waals surface area contributed by atoms with Gasteiger partial charge < -0.3 is 5.11 Å². The van der Waals surface area contributed by atoms with Crippen LogP contribution in [0.2, 0.25) is 0 Å². The Labute approximate surface area is 110 Å². The molecule has 0 amide bonds. The van der Waals surface area contributed by atoms with Gasteiger partial charge in [0.1, 0.15) is 0 Å². The average molecular weight is 261 g/mol. The molecule has 0 saturated heterocycles.